The topological polar surface area (TPSA) is 53.0 Å². The Kier molecular flexibility index (Phi) is 5.38. The van der Waals surface area contributed by atoms with Crippen molar-refractivity contribution in [3.63, 3.8) is 0 Å². The second kappa shape index (κ2) is 6.58. The summed E-state index contributed by atoms with van der Waals surface area (Å²) in [6.07, 6.45) is 1.10. The maximum absolute atomic E-state index is 9.00. The molecule has 0 spiro atoms. The van der Waals surface area contributed by atoms with Crippen molar-refractivity contribution in [1.29, 1.82) is 5.26 Å². The van der Waals surface area contributed by atoms with Crippen molar-refractivity contribution in [3.05, 3.63) is 29.3 Å². The van der Waals surface area contributed by atoms with Gasteiger partial charge in [-0.2, -0.15) is 5.26 Å². The van der Waals surface area contributed by atoms with Gasteiger partial charge in [0, 0.05) is 18.8 Å². The van der Waals surface area contributed by atoms with Crippen LogP contribution in [0.2, 0.25) is 0 Å². The average molecular weight is 259 g/mol. The molecule has 3 heteroatoms. The van der Waals surface area contributed by atoms with Crippen LogP contribution in [-0.4, -0.2) is 19.6 Å². The average Bonchev–Trinajstić information content (AvgIpc) is 2.38. The van der Waals surface area contributed by atoms with Crippen LogP contribution in [0.3, 0.4) is 0 Å². The summed E-state index contributed by atoms with van der Waals surface area (Å²) in [7, 11) is 0. The molecule has 0 saturated carbocycles. The van der Waals surface area contributed by atoms with Gasteiger partial charge < -0.3 is 10.6 Å². The van der Waals surface area contributed by atoms with Gasteiger partial charge in [0.2, 0.25) is 0 Å². The second-order valence-corrected chi connectivity index (χ2v) is 5.90. The molecule has 19 heavy (non-hydrogen) atoms. The van der Waals surface area contributed by atoms with Crippen LogP contribution < -0.4 is 10.6 Å². The summed E-state index contributed by atoms with van der Waals surface area (Å²) in [6, 6.07) is 8.25. The van der Waals surface area contributed by atoms with E-state index in [0.29, 0.717) is 6.54 Å². The normalized spacial score (nSPS) is 11.2. The minimum Gasteiger partial charge on any atom is -0.371 e. The molecule has 0 saturated heterocycles. The third-order valence-corrected chi connectivity index (χ3v) is 3.36. The molecule has 0 heterocycles. The minimum absolute atomic E-state index is 0.0942. The first-order chi connectivity index (χ1) is 8.93. The van der Waals surface area contributed by atoms with Gasteiger partial charge in [0.1, 0.15) is 0 Å². The summed E-state index contributed by atoms with van der Waals surface area (Å²) in [6.45, 7) is 11.2. The van der Waals surface area contributed by atoms with E-state index in [2.05, 4.69) is 37.8 Å². The van der Waals surface area contributed by atoms with E-state index in [0.717, 1.165) is 30.6 Å². The summed E-state index contributed by atoms with van der Waals surface area (Å²) in [5.74, 6) is 0. The van der Waals surface area contributed by atoms with Gasteiger partial charge in [-0.05, 0) is 49.1 Å². The molecule has 0 fully saturated rings. The Hall–Kier alpha value is -1.53. The Balaban J connectivity index is 3.00. The van der Waals surface area contributed by atoms with Gasteiger partial charge in [0.15, 0.2) is 0 Å². The maximum atomic E-state index is 9.00. The van der Waals surface area contributed by atoms with Crippen molar-refractivity contribution >= 4 is 5.69 Å². The van der Waals surface area contributed by atoms with Crippen LogP contribution in [0.25, 0.3) is 0 Å². The highest BCUT2D eigenvalue weighted by atomic mass is 15.1. The maximum Gasteiger partial charge on any atom is 0.0994 e. The zero-order valence-corrected chi connectivity index (χ0v) is 12.5. The van der Waals surface area contributed by atoms with Crippen molar-refractivity contribution in [1.82, 2.24) is 0 Å². The molecule has 0 aliphatic carbocycles. The lowest BCUT2D eigenvalue weighted by Gasteiger charge is -2.33. The number of hydrogen-bond acceptors (Lipinski definition) is 3. The largest absolute Gasteiger partial charge is 0.371 e. The Morgan fingerprint density at radius 2 is 2.05 bits per heavy atom. The number of nitrogens with two attached hydrogens (primary N) is 1. The molecule has 3 nitrogen and oxygen atoms in total. The fourth-order valence-electron chi connectivity index (χ4n) is 2.12. The van der Waals surface area contributed by atoms with E-state index in [1.165, 1.54) is 5.69 Å². The number of nitriles is 1. The Labute approximate surface area is 117 Å². The Bertz CT molecular complexity index is 458. The summed E-state index contributed by atoms with van der Waals surface area (Å²) < 4.78 is 0. The van der Waals surface area contributed by atoms with Gasteiger partial charge in [-0.1, -0.05) is 20.8 Å². The van der Waals surface area contributed by atoms with Gasteiger partial charge in [-0.25, -0.2) is 0 Å². The van der Waals surface area contributed by atoms with Gasteiger partial charge in [0.05, 0.1) is 11.6 Å². The molecule has 0 radical (unpaired) electrons. The molecule has 2 N–H and O–H groups in total. The van der Waals surface area contributed by atoms with E-state index >= 15 is 0 Å². The highest BCUT2D eigenvalue weighted by Gasteiger charge is 2.20. The van der Waals surface area contributed by atoms with E-state index in [1.807, 2.05) is 19.1 Å². The molecule has 0 unspecified atom stereocenters. The molecular weight excluding hydrogens is 234 g/mol. The fourth-order valence-corrected chi connectivity index (χ4v) is 2.12. The van der Waals surface area contributed by atoms with E-state index in [-0.39, 0.29) is 5.41 Å². The number of anilines is 1. The first kappa shape index (κ1) is 15.5. The van der Waals surface area contributed by atoms with Crippen molar-refractivity contribution in [2.75, 3.05) is 24.5 Å². The van der Waals surface area contributed by atoms with Crippen molar-refractivity contribution in [2.24, 2.45) is 11.1 Å². The predicted molar refractivity (Wildman–Crippen MR) is 81.2 cm³/mol. The summed E-state index contributed by atoms with van der Waals surface area (Å²) >= 11 is 0. The van der Waals surface area contributed by atoms with Crippen LogP contribution in [0.4, 0.5) is 5.69 Å². The predicted octanol–water partition coefficient (Wildman–Crippen LogP) is 3.07. The van der Waals surface area contributed by atoms with Gasteiger partial charge in [0.25, 0.3) is 0 Å². The molecule has 0 aliphatic rings. The molecule has 0 amide bonds. The van der Waals surface area contributed by atoms with Crippen LogP contribution >= 0.6 is 0 Å². The van der Waals surface area contributed by atoms with Gasteiger partial charge in [-0.3, -0.25) is 0 Å². The number of aryl methyl sites for hydroxylation is 1. The van der Waals surface area contributed by atoms with Crippen LogP contribution in [-0.2, 0) is 0 Å². The highest BCUT2D eigenvalue weighted by Crippen LogP contribution is 2.23. The van der Waals surface area contributed by atoms with Crippen molar-refractivity contribution < 1.29 is 0 Å². The summed E-state index contributed by atoms with van der Waals surface area (Å²) in [5.41, 5.74) is 8.89. The van der Waals surface area contributed by atoms with Crippen LogP contribution in [0, 0.1) is 23.7 Å². The highest BCUT2D eigenvalue weighted by molar-refractivity contribution is 5.53. The molecular formula is C16H25N3. The Morgan fingerprint density at radius 3 is 2.53 bits per heavy atom. The van der Waals surface area contributed by atoms with Gasteiger partial charge >= 0.3 is 0 Å². The molecule has 1 aromatic rings. The summed E-state index contributed by atoms with van der Waals surface area (Å²) in [5, 5.41) is 9.00. The van der Waals surface area contributed by atoms with Crippen molar-refractivity contribution in [3.8, 4) is 6.07 Å². The first-order valence-electron chi connectivity index (χ1n) is 6.89. The zero-order valence-electron chi connectivity index (χ0n) is 12.5. The smallest absolute Gasteiger partial charge is 0.0994 e. The van der Waals surface area contributed by atoms with E-state index in [4.69, 9.17) is 11.0 Å². The molecule has 0 bridgehead atoms. The molecule has 1 rings (SSSR count). The van der Waals surface area contributed by atoms with E-state index in [1.54, 1.807) is 0 Å². The van der Waals surface area contributed by atoms with Crippen molar-refractivity contribution in [2.45, 2.75) is 34.1 Å². The second-order valence-electron chi connectivity index (χ2n) is 5.90. The minimum atomic E-state index is 0.0942. The Morgan fingerprint density at radius 1 is 1.37 bits per heavy atom. The number of rotatable bonds is 6. The summed E-state index contributed by atoms with van der Waals surface area (Å²) in [4.78, 5) is 2.36. The van der Waals surface area contributed by atoms with Crippen LogP contribution in [0.1, 0.15) is 38.3 Å². The molecule has 104 valence electrons. The van der Waals surface area contributed by atoms with Gasteiger partial charge in [-0.15, -0.1) is 0 Å². The third kappa shape index (κ3) is 4.25. The SMILES string of the molecule is CCCN(CC(C)(C)CN)c1ccc(C#N)c(C)c1. The van der Waals surface area contributed by atoms with E-state index < -0.39 is 0 Å². The monoisotopic (exact) mass is 259 g/mol. The van der Waals surface area contributed by atoms with Crippen LogP contribution in [0.5, 0.6) is 0 Å². The number of hydrogen-bond donors (Lipinski definition) is 1. The first-order valence-corrected chi connectivity index (χ1v) is 6.89. The lowest BCUT2D eigenvalue weighted by atomic mass is 9.92. The van der Waals surface area contributed by atoms with E-state index in [9.17, 15) is 0 Å². The molecule has 0 atom stereocenters. The quantitative estimate of drug-likeness (QED) is 0.854. The van der Waals surface area contributed by atoms with Crippen LogP contribution in [0.15, 0.2) is 18.2 Å². The lowest BCUT2D eigenvalue weighted by molar-refractivity contribution is 0.377. The molecule has 1 aromatic carbocycles. The standard InChI is InChI=1S/C16H25N3/c1-5-8-19(12-16(3,4)11-18)15-7-6-14(10-17)13(2)9-15/h6-7,9H,5,8,11-12,18H2,1-4H3. The molecule has 0 aromatic heterocycles. The fraction of sp³-hybridized carbons (Fsp3) is 0.562. The zero-order chi connectivity index (χ0) is 14.5. The number of nitrogens with zero attached hydrogens (tertiary/aromatic N) is 2. The number of benzene rings is 1. The molecule has 0 aliphatic heterocycles. The lowest BCUT2D eigenvalue weighted by Crippen LogP contribution is -2.39. The third-order valence-electron chi connectivity index (χ3n) is 3.36.